The van der Waals surface area contributed by atoms with Gasteiger partial charge in [0.15, 0.2) is 0 Å². The topological polar surface area (TPSA) is 79.9 Å². The van der Waals surface area contributed by atoms with E-state index in [1.54, 1.807) is 27.7 Å². The van der Waals surface area contributed by atoms with Gasteiger partial charge in [0.25, 0.3) is 0 Å². The Labute approximate surface area is 163 Å². The number of carbonyl (C=O) groups excluding carboxylic acids is 1. The second-order valence-electron chi connectivity index (χ2n) is 7.33. The monoisotopic (exact) mass is 388 g/mol. The van der Waals surface area contributed by atoms with Crippen LogP contribution in [-0.2, 0) is 16.8 Å². The lowest BCUT2D eigenvalue weighted by atomic mass is 9.85. The minimum Gasteiger partial charge on any atom is -0.444 e. The predicted molar refractivity (Wildman–Crippen MR) is 100 cm³/mol. The maximum Gasteiger partial charge on any atom is 0.408 e. The molecule has 9 heteroatoms. The number of halogens is 2. The van der Waals surface area contributed by atoms with Crippen LogP contribution in [0.5, 0.6) is 0 Å². The second-order valence-corrected chi connectivity index (χ2v) is 7.71. The summed E-state index contributed by atoms with van der Waals surface area (Å²) in [5, 5.41) is 12.0. The molecular weight excluding hydrogens is 369 g/mol. The van der Waals surface area contributed by atoms with Crippen molar-refractivity contribution >= 4 is 31.0 Å². The number of ether oxygens (including phenoxy) is 1. The molecule has 1 aromatic heterocycles. The van der Waals surface area contributed by atoms with Crippen LogP contribution in [0.4, 0.5) is 9.18 Å². The summed E-state index contributed by atoms with van der Waals surface area (Å²) < 4.78 is 21.3. The summed E-state index contributed by atoms with van der Waals surface area (Å²) in [7, 11) is 5.81. The normalized spacial score (nSPS) is 13.5. The Bertz CT molecular complexity index is 904. The fourth-order valence-electron chi connectivity index (χ4n) is 2.62. The zero-order valence-electron chi connectivity index (χ0n) is 15.5. The van der Waals surface area contributed by atoms with E-state index in [9.17, 15) is 14.4 Å². The maximum absolute atomic E-state index is 14.6. The lowest BCUT2D eigenvalue weighted by molar-refractivity contribution is 0.0448. The molecular formula is C18H19BClFN4O2. The van der Waals surface area contributed by atoms with Gasteiger partial charge in [-0.3, -0.25) is 0 Å². The Morgan fingerprint density at radius 2 is 2.11 bits per heavy atom. The predicted octanol–water partition coefficient (Wildman–Crippen LogP) is 2.78. The molecule has 1 atom stereocenters. The Morgan fingerprint density at radius 1 is 1.44 bits per heavy atom. The Kier molecular flexibility index (Phi) is 5.86. The molecule has 0 saturated heterocycles. The number of benzene rings is 1. The van der Waals surface area contributed by atoms with Crippen molar-refractivity contribution in [2.45, 2.75) is 45.4 Å². The van der Waals surface area contributed by atoms with Gasteiger partial charge in [-0.05, 0) is 33.8 Å². The molecule has 0 aliphatic carbocycles. The van der Waals surface area contributed by atoms with Crippen molar-refractivity contribution in [2.24, 2.45) is 0 Å². The molecule has 140 valence electrons. The first kappa shape index (κ1) is 20.8. The Balaban J connectivity index is 2.49. The highest BCUT2D eigenvalue weighted by Gasteiger charge is 2.34. The van der Waals surface area contributed by atoms with Crippen molar-refractivity contribution in [3.05, 3.63) is 46.8 Å². The van der Waals surface area contributed by atoms with Gasteiger partial charge in [-0.2, -0.15) is 5.26 Å². The first-order valence-corrected chi connectivity index (χ1v) is 8.51. The summed E-state index contributed by atoms with van der Waals surface area (Å²) in [5.74, 6) is -0.533. The molecule has 1 unspecified atom stereocenters. The van der Waals surface area contributed by atoms with Gasteiger partial charge in [-0.15, -0.1) is 0 Å². The molecule has 0 spiro atoms. The molecule has 0 fully saturated rings. The SMILES string of the molecule is [B]c1ccc(F)c(C(C)(Cn2cc(Cl)nc2C#N)NC(=O)OC(C)(C)C)c1. The molecule has 0 aliphatic rings. The fraction of sp³-hybridized carbons (Fsp3) is 0.389. The lowest BCUT2D eigenvalue weighted by Crippen LogP contribution is -2.49. The first-order chi connectivity index (χ1) is 12.4. The van der Waals surface area contributed by atoms with Gasteiger partial charge >= 0.3 is 6.09 Å². The molecule has 1 amide bonds. The molecule has 2 rings (SSSR count). The van der Waals surface area contributed by atoms with Crippen LogP contribution in [0.2, 0.25) is 5.15 Å². The number of hydrogen-bond acceptors (Lipinski definition) is 4. The standard InChI is InChI=1S/C18H19BClFN4O2/c1-17(2,3)27-16(26)24-18(4,12-7-11(19)5-6-13(12)21)10-25-9-14(20)23-15(25)8-22/h5-7,9H,10H2,1-4H3,(H,24,26). The molecule has 2 aromatic rings. The van der Waals surface area contributed by atoms with Crippen LogP contribution in [0, 0.1) is 17.1 Å². The van der Waals surface area contributed by atoms with Gasteiger partial charge in [0, 0.05) is 11.8 Å². The van der Waals surface area contributed by atoms with Gasteiger partial charge in [-0.25, -0.2) is 14.2 Å². The van der Waals surface area contributed by atoms with E-state index in [1.165, 1.54) is 29.0 Å². The summed E-state index contributed by atoms with van der Waals surface area (Å²) in [4.78, 5) is 16.3. The van der Waals surface area contributed by atoms with E-state index < -0.39 is 23.1 Å². The van der Waals surface area contributed by atoms with Crippen molar-refractivity contribution in [2.75, 3.05) is 0 Å². The third-order valence-corrected chi connectivity index (χ3v) is 3.88. The van der Waals surface area contributed by atoms with Crippen molar-refractivity contribution in [3.63, 3.8) is 0 Å². The Hall–Kier alpha value is -2.53. The smallest absolute Gasteiger partial charge is 0.408 e. The van der Waals surface area contributed by atoms with Crippen molar-refractivity contribution in [1.82, 2.24) is 14.9 Å². The van der Waals surface area contributed by atoms with E-state index in [0.717, 1.165) is 0 Å². The second kappa shape index (κ2) is 7.61. The highest BCUT2D eigenvalue weighted by Crippen LogP contribution is 2.27. The minimum atomic E-state index is -1.29. The summed E-state index contributed by atoms with van der Waals surface area (Å²) in [6.45, 7) is 6.73. The number of nitrogens with one attached hydrogen (secondary N) is 1. The minimum absolute atomic E-state index is 0.0186. The van der Waals surface area contributed by atoms with Gasteiger partial charge < -0.3 is 14.6 Å². The van der Waals surface area contributed by atoms with Crippen LogP contribution in [0.1, 0.15) is 39.1 Å². The van der Waals surface area contributed by atoms with Crippen LogP contribution < -0.4 is 10.8 Å². The number of aromatic nitrogens is 2. The Morgan fingerprint density at radius 3 is 2.70 bits per heavy atom. The van der Waals surface area contributed by atoms with E-state index >= 15 is 0 Å². The van der Waals surface area contributed by atoms with E-state index in [0.29, 0.717) is 5.46 Å². The largest absolute Gasteiger partial charge is 0.444 e. The first-order valence-electron chi connectivity index (χ1n) is 8.13. The molecule has 27 heavy (non-hydrogen) atoms. The molecule has 0 saturated carbocycles. The van der Waals surface area contributed by atoms with E-state index in [4.69, 9.17) is 24.2 Å². The van der Waals surface area contributed by atoms with Crippen LogP contribution in [-0.4, -0.2) is 29.1 Å². The number of amides is 1. The average Bonchev–Trinajstić information content (AvgIpc) is 2.86. The number of alkyl carbamates (subject to hydrolysis) is 1. The third-order valence-electron chi connectivity index (χ3n) is 3.70. The van der Waals surface area contributed by atoms with Gasteiger partial charge in [0.1, 0.15) is 30.5 Å². The summed E-state index contributed by atoms with van der Waals surface area (Å²) in [6.07, 6.45) is 0.691. The lowest BCUT2D eigenvalue weighted by Gasteiger charge is -2.33. The fourth-order valence-corrected chi connectivity index (χ4v) is 2.82. The van der Waals surface area contributed by atoms with Crippen LogP contribution in [0.15, 0.2) is 24.4 Å². The number of rotatable bonds is 4. The zero-order valence-corrected chi connectivity index (χ0v) is 16.3. The van der Waals surface area contributed by atoms with Crippen LogP contribution in [0.3, 0.4) is 0 Å². The highest BCUT2D eigenvalue weighted by atomic mass is 35.5. The molecule has 6 nitrogen and oxygen atoms in total. The molecule has 0 aliphatic heterocycles. The van der Waals surface area contributed by atoms with Crippen LogP contribution in [0.25, 0.3) is 0 Å². The number of hydrogen-bond donors (Lipinski definition) is 1. The summed E-state index contributed by atoms with van der Waals surface area (Å²) in [6, 6.07) is 5.97. The number of nitrogens with zero attached hydrogens (tertiary/aromatic N) is 3. The summed E-state index contributed by atoms with van der Waals surface area (Å²) >= 11 is 5.88. The molecule has 2 radical (unpaired) electrons. The van der Waals surface area contributed by atoms with E-state index in [-0.39, 0.29) is 23.1 Å². The van der Waals surface area contributed by atoms with E-state index in [1.807, 2.05) is 6.07 Å². The van der Waals surface area contributed by atoms with Gasteiger partial charge in [0.2, 0.25) is 5.82 Å². The van der Waals surface area contributed by atoms with Crippen LogP contribution >= 0.6 is 11.6 Å². The van der Waals surface area contributed by atoms with Crippen molar-refractivity contribution in [1.29, 1.82) is 5.26 Å². The number of imidazole rings is 1. The van der Waals surface area contributed by atoms with Crippen molar-refractivity contribution < 1.29 is 13.9 Å². The number of carbonyl (C=O) groups is 1. The van der Waals surface area contributed by atoms with E-state index in [2.05, 4.69) is 10.3 Å². The molecule has 1 heterocycles. The van der Waals surface area contributed by atoms with Gasteiger partial charge in [-0.1, -0.05) is 29.2 Å². The highest BCUT2D eigenvalue weighted by molar-refractivity contribution is 6.32. The third kappa shape index (κ3) is 5.24. The average molecular weight is 389 g/mol. The van der Waals surface area contributed by atoms with Crippen molar-refractivity contribution in [3.8, 4) is 6.07 Å². The zero-order chi connectivity index (χ0) is 20.4. The molecule has 1 aromatic carbocycles. The maximum atomic E-state index is 14.6. The number of nitriles is 1. The van der Waals surface area contributed by atoms with Gasteiger partial charge in [0.05, 0.1) is 12.1 Å². The molecule has 1 N–H and O–H groups in total. The quantitative estimate of drug-likeness (QED) is 0.817. The molecule has 0 bridgehead atoms. The summed E-state index contributed by atoms with van der Waals surface area (Å²) in [5.41, 5.74) is -1.57.